The summed E-state index contributed by atoms with van der Waals surface area (Å²) in [6.45, 7) is 9.07. The van der Waals surface area contributed by atoms with Crippen LogP contribution in [-0.2, 0) is 0 Å². The Morgan fingerprint density at radius 3 is 2.55 bits per heavy atom. The van der Waals surface area contributed by atoms with E-state index in [0.717, 1.165) is 6.42 Å². The molecule has 2 N–H and O–H groups in total. The second-order valence-electron chi connectivity index (χ2n) is 4.49. The lowest BCUT2D eigenvalue weighted by molar-refractivity contribution is 0.219. The van der Waals surface area contributed by atoms with Gasteiger partial charge in [-0.25, -0.2) is 0 Å². The molecule has 0 amide bonds. The highest BCUT2D eigenvalue weighted by Crippen LogP contribution is 2.39. The summed E-state index contributed by atoms with van der Waals surface area (Å²) in [6.07, 6.45) is 3.32. The van der Waals surface area contributed by atoms with Crippen LogP contribution in [0.1, 0.15) is 34.1 Å². The van der Waals surface area contributed by atoms with Crippen LogP contribution in [0.4, 0.5) is 0 Å². The zero-order valence-corrected chi connectivity index (χ0v) is 8.02. The molecule has 0 aromatic heterocycles. The van der Waals surface area contributed by atoms with Crippen LogP contribution in [-0.4, -0.2) is 6.04 Å². The van der Waals surface area contributed by atoms with Crippen molar-refractivity contribution in [1.82, 2.24) is 0 Å². The highest BCUT2D eigenvalue weighted by atomic mass is 14.6. The van der Waals surface area contributed by atoms with Crippen LogP contribution in [0.2, 0.25) is 0 Å². The molecule has 2 unspecified atom stereocenters. The molecule has 0 spiro atoms. The van der Waals surface area contributed by atoms with Crippen LogP contribution < -0.4 is 5.73 Å². The van der Waals surface area contributed by atoms with Crippen molar-refractivity contribution in [3.63, 3.8) is 0 Å². The third-order valence-electron chi connectivity index (χ3n) is 3.09. The topological polar surface area (TPSA) is 26.0 Å². The van der Waals surface area contributed by atoms with Crippen LogP contribution in [0.15, 0.2) is 11.6 Å². The molecule has 1 heteroatoms. The first kappa shape index (κ1) is 8.79. The van der Waals surface area contributed by atoms with Gasteiger partial charge in [0.25, 0.3) is 0 Å². The molecule has 0 radical (unpaired) electrons. The number of rotatable bonds is 0. The van der Waals surface area contributed by atoms with Gasteiger partial charge in [-0.05, 0) is 24.7 Å². The van der Waals surface area contributed by atoms with E-state index in [1.165, 1.54) is 5.57 Å². The third-order valence-corrected chi connectivity index (χ3v) is 3.09. The van der Waals surface area contributed by atoms with Gasteiger partial charge in [-0.2, -0.15) is 0 Å². The Kier molecular flexibility index (Phi) is 2.10. The summed E-state index contributed by atoms with van der Waals surface area (Å²) in [5, 5.41) is 0. The highest BCUT2D eigenvalue weighted by molar-refractivity contribution is 5.15. The fourth-order valence-electron chi connectivity index (χ4n) is 1.94. The van der Waals surface area contributed by atoms with E-state index in [2.05, 4.69) is 33.8 Å². The van der Waals surface area contributed by atoms with Gasteiger partial charge in [0, 0.05) is 6.04 Å². The first-order valence-electron chi connectivity index (χ1n) is 4.37. The molecule has 0 saturated carbocycles. The number of hydrogen-bond donors (Lipinski definition) is 1. The fourth-order valence-corrected chi connectivity index (χ4v) is 1.94. The van der Waals surface area contributed by atoms with Gasteiger partial charge >= 0.3 is 0 Å². The largest absolute Gasteiger partial charge is 0.324 e. The quantitative estimate of drug-likeness (QED) is 0.531. The second-order valence-corrected chi connectivity index (χ2v) is 4.49. The monoisotopic (exact) mass is 153 g/mol. The van der Waals surface area contributed by atoms with Gasteiger partial charge in [0.15, 0.2) is 0 Å². The van der Waals surface area contributed by atoms with Crippen LogP contribution in [0, 0.1) is 11.3 Å². The molecule has 0 fully saturated rings. The number of allylic oxidation sites excluding steroid dienone is 1. The Hall–Kier alpha value is -0.300. The van der Waals surface area contributed by atoms with E-state index >= 15 is 0 Å². The van der Waals surface area contributed by atoms with Crippen molar-refractivity contribution >= 4 is 0 Å². The van der Waals surface area contributed by atoms with Gasteiger partial charge < -0.3 is 5.73 Å². The maximum absolute atomic E-state index is 5.89. The van der Waals surface area contributed by atoms with Gasteiger partial charge in [0.2, 0.25) is 0 Å². The SMILES string of the molecule is CC1=CC(N)CC(C)(C)C1C. The van der Waals surface area contributed by atoms with Gasteiger partial charge in [-0.1, -0.05) is 32.4 Å². The summed E-state index contributed by atoms with van der Waals surface area (Å²) >= 11 is 0. The zero-order chi connectivity index (χ0) is 8.65. The molecule has 0 bridgehead atoms. The van der Waals surface area contributed by atoms with Crippen molar-refractivity contribution in [3.05, 3.63) is 11.6 Å². The van der Waals surface area contributed by atoms with Crippen molar-refractivity contribution < 1.29 is 0 Å². The average molecular weight is 153 g/mol. The molecule has 1 aliphatic rings. The molecule has 0 aromatic carbocycles. The summed E-state index contributed by atoms with van der Waals surface area (Å²) < 4.78 is 0. The number of hydrogen-bond acceptors (Lipinski definition) is 1. The van der Waals surface area contributed by atoms with E-state index in [-0.39, 0.29) is 6.04 Å². The van der Waals surface area contributed by atoms with Crippen LogP contribution in [0.25, 0.3) is 0 Å². The van der Waals surface area contributed by atoms with Gasteiger partial charge in [0.05, 0.1) is 0 Å². The van der Waals surface area contributed by atoms with E-state index < -0.39 is 0 Å². The third kappa shape index (κ3) is 1.64. The zero-order valence-electron chi connectivity index (χ0n) is 8.02. The van der Waals surface area contributed by atoms with Crippen molar-refractivity contribution in [3.8, 4) is 0 Å². The van der Waals surface area contributed by atoms with E-state index in [9.17, 15) is 0 Å². The minimum atomic E-state index is 0.279. The van der Waals surface area contributed by atoms with Crippen LogP contribution in [0.5, 0.6) is 0 Å². The minimum absolute atomic E-state index is 0.279. The fraction of sp³-hybridized carbons (Fsp3) is 0.800. The minimum Gasteiger partial charge on any atom is -0.324 e. The lowest BCUT2D eigenvalue weighted by atomic mass is 9.68. The predicted octanol–water partition coefficient (Wildman–Crippen LogP) is 2.33. The molecular weight excluding hydrogens is 134 g/mol. The molecule has 0 aromatic rings. The van der Waals surface area contributed by atoms with E-state index in [4.69, 9.17) is 5.73 Å². The van der Waals surface area contributed by atoms with Crippen molar-refractivity contribution in [2.75, 3.05) is 0 Å². The summed E-state index contributed by atoms with van der Waals surface area (Å²) in [5.41, 5.74) is 7.73. The Morgan fingerprint density at radius 2 is 2.09 bits per heavy atom. The van der Waals surface area contributed by atoms with Gasteiger partial charge in [0.1, 0.15) is 0 Å². The molecule has 2 atom stereocenters. The smallest absolute Gasteiger partial charge is 0.0231 e. The lowest BCUT2D eigenvalue weighted by Gasteiger charge is -2.38. The summed E-state index contributed by atoms with van der Waals surface area (Å²) in [7, 11) is 0. The first-order valence-corrected chi connectivity index (χ1v) is 4.37. The van der Waals surface area contributed by atoms with Crippen molar-refractivity contribution in [2.24, 2.45) is 17.1 Å². The summed E-state index contributed by atoms with van der Waals surface area (Å²) in [6, 6.07) is 0.279. The molecule has 64 valence electrons. The maximum atomic E-state index is 5.89. The van der Waals surface area contributed by atoms with Crippen LogP contribution in [0.3, 0.4) is 0 Å². The second kappa shape index (κ2) is 2.63. The first-order chi connectivity index (χ1) is 4.93. The standard InChI is InChI=1S/C10H19N/c1-7-5-9(11)6-10(3,4)8(7)2/h5,8-9H,6,11H2,1-4H3. The lowest BCUT2D eigenvalue weighted by Crippen LogP contribution is -2.36. The Labute approximate surface area is 69.7 Å². The van der Waals surface area contributed by atoms with E-state index in [1.807, 2.05) is 0 Å². The maximum Gasteiger partial charge on any atom is 0.0231 e. The molecule has 0 aliphatic heterocycles. The van der Waals surface area contributed by atoms with Crippen molar-refractivity contribution in [1.29, 1.82) is 0 Å². The molecule has 1 nitrogen and oxygen atoms in total. The molecule has 0 saturated heterocycles. The average Bonchev–Trinajstić information content (AvgIpc) is 1.81. The summed E-state index contributed by atoms with van der Waals surface area (Å²) in [4.78, 5) is 0. The van der Waals surface area contributed by atoms with Gasteiger partial charge in [-0.3, -0.25) is 0 Å². The molecule has 1 rings (SSSR count). The Balaban J connectivity index is 2.86. The van der Waals surface area contributed by atoms with Crippen molar-refractivity contribution in [2.45, 2.75) is 40.2 Å². The van der Waals surface area contributed by atoms with Crippen LogP contribution >= 0.6 is 0 Å². The van der Waals surface area contributed by atoms with E-state index in [0.29, 0.717) is 11.3 Å². The molecular formula is C10H19N. The normalized spacial score (nSPS) is 36.6. The Bertz CT molecular complexity index is 179. The van der Waals surface area contributed by atoms with Gasteiger partial charge in [-0.15, -0.1) is 0 Å². The van der Waals surface area contributed by atoms with E-state index in [1.54, 1.807) is 0 Å². The Morgan fingerprint density at radius 1 is 1.55 bits per heavy atom. The summed E-state index contributed by atoms with van der Waals surface area (Å²) in [5.74, 6) is 0.683. The molecule has 11 heavy (non-hydrogen) atoms. The molecule has 0 heterocycles. The number of nitrogens with two attached hydrogens (primary N) is 1. The predicted molar refractivity (Wildman–Crippen MR) is 49.3 cm³/mol. The molecule has 1 aliphatic carbocycles. The highest BCUT2D eigenvalue weighted by Gasteiger charge is 2.31.